The molecule has 1 aromatic carbocycles. The summed E-state index contributed by atoms with van der Waals surface area (Å²) in [6.45, 7) is 3.47. The maximum absolute atomic E-state index is 12.4. The Labute approximate surface area is 143 Å². The average molecular weight is 329 g/mol. The fourth-order valence-corrected chi connectivity index (χ4v) is 4.08. The van der Waals surface area contributed by atoms with E-state index in [0.29, 0.717) is 24.4 Å². The van der Waals surface area contributed by atoms with Gasteiger partial charge in [-0.15, -0.1) is 0 Å². The van der Waals surface area contributed by atoms with Crippen LogP contribution in [0.4, 0.5) is 5.69 Å². The zero-order valence-electron chi connectivity index (χ0n) is 14.5. The van der Waals surface area contributed by atoms with E-state index in [1.807, 2.05) is 31.2 Å². The number of piperidine rings is 1. The predicted molar refractivity (Wildman–Crippen MR) is 94.6 cm³/mol. The largest absolute Gasteiger partial charge is 0.350 e. The van der Waals surface area contributed by atoms with E-state index >= 15 is 0 Å². The summed E-state index contributed by atoms with van der Waals surface area (Å²) in [5, 5.41) is 9.49. The van der Waals surface area contributed by atoms with Crippen molar-refractivity contribution in [1.29, 1.82) is 0 Å². The molecule has 0 radical (unpaired) electrons. The molecule has 3 N–H and O–H groups in total. The number of carbonyl (C=O) groups is 2. The quantitative estimate of drug-likeness (QED) is 0.778. The molecule has 0 aromatic heterocycles. The Morgan fingerprint density at radius 2 is 1.96 bits per heavy atom. The van der Waals surface area contributed by atoms with Gasteiger partial charge in [0.1, 0.15) is 0 Å². The highest BCUT2D eigenvalue weighted by atomic mass is 16.2. The summed E-state index contributed by atoms with van der Waals surface area (Å²) < 4.78 is 0. The first-order valence-electron chi connectivity index (χ1n) is 8.92. The van der Waals surface area contributed by atoms with Gasteiger partial charge in [-0.2, -0.15) is 0 Å². The Morgan fingerprint density at radius 3 is 2.62 bits per heavy atom. The molecule has 2 bridgehead atoms. The van der Waals surface area contributed by atoms with Crippen LogP contribution in [0.5, 0.6) is 0 Å². The highest BCUT2D eigenvalue weighted by molar-refractivity contribution is 5.88. The number of benzene rings is 1. The third-order valence-electron chi connectivity index (χ3n) is 5.13. The summed E-state index contributed by atoms with van der Waals surface area (Å²) in [6, 6.07) is 8.81. The van der Waals surface area contributed by atoms with Gasteiger partial charge in [0.05, 0.1) is 6.04 Å². The van der Waals surface area contributed by atoms with Gasteiger partial charge in [0.25, 0.3) is 0 Å². The zero-order valence-corrected chi connectivity index (χ0v) is 14.5. The monoisotopic (exact) mass is 329 g/mol. The van der Waals surface area contributed by atoms with Gasteiger partial charge in [0.2, 0.25) is 11.8 Å². The van der Waals surface area contributed by atoms with Crippen molar-refractivity contribution in [2.75, 3.05) is 5.32 Å². The minimum absolute atomic E-state index is 0.0651. The minimum Gasteiger partial charge on any atom is -0.350 e. The second-order valence-corrected chi connectivity index (χ2v) is 7.28. The molecule has 0 aliphatic carbocycles. The van der Waals surface area contributed by atoms with Crippen molar-refractivity contribution >= 4 is 17.5 Å². The van der Waals surface area contributed by atoms with Crippen molar-refractivity contribution in [3.63, 3.8) is 0 Å². The molecule has 2 amide bonds. The molecule has 3 unspecified atom stereocenters. The maximum atomic E-state index is 12.4. The van der Waals surface area contributed by atoms with Crippen molar-refractivity contribution in [1.82, 2.24) is 10.6 Å². The number of amides is 2. The first-order chi connectivity index (χ1) is 11.5. The molecule has 5 nitrogen and oxygen atoms in total. The molecule has 2 aliphatic heterocycles. The van der Waals surface area contributed by atoms with Gasteiger partial charge in [-0.1, -0.05) is 12.1 Å². The fraction of sp³-hybridized carbons (Fsp3) is 0.579. The van der Waals surface area contributed by atoms with Crippen LogP contribution in [-0.2, 0) is 9.59 Å². The van der Waals surface area contributed by atoms with E-state index in [0.717, 1.165) is 24.1 Å². The lowest BCUT2D eigenvalue weighted by Crippen LogP contribution is -2.40. The number of nitrogens with one attached hydrogen (secondary N) is 3. The van der Waals surface area contributed by atoms with Gasteiger partial charge >= 0.3 is 0 Å². The number of hydrogen-bond acceptors (Lipinski definition) is 3. The van der Waals surface area contributed by atoms with Crippen LogP contribution in [0.15, 0.2) is 24.3 Å². The van der Waals surface area contributed by atoms with Gasteiger partial charge in [-0.25, -0.2) is 0 Å². The highest BCUT2D eigenvalue weighted by Crippen LogP contribution is 2.32. The Balaban J connectivity index is 1.53. The molecule has 0 spiro atoms. The SMILES string of the molecule is CC(=O)Nc1cccc(C(C)NC(=O)CC2CC3CCC(C2)N3)c1. The van der Waals surface area contributed by atoms with E-state index in [-0.39, 0.29) is 17.9 Å². The molecular formula is C19H27N3O2. The second kappa shape index (κ2) is 7.34. The third-order valence-corrected chi connectivity index (χ3v) is 5.13. The van der Waals surface area contributed by atoms with E-state index in [9.17, 15) is 9.59 Å². The zero-order chi connectivity index (χ0) is 17.1. The van der Waals surface area contributed by atoms with Crippen LogP contribution in [0, 0.1) is 5.92 Å². The van der Waals surface area contributed by atoms with Crippen molar-refractivity contribution < 1.29 is 9.59 Å². The molecule has 2 heterocycles. The summed E-state index contributed by atoms with van der Waals surface area (Å²) in [6.07, 6.45) is 5.38. The van der Waals surface area contributed by atoms with Crippen LogP contribution in [0.3, 0.4) is 0 Å². The molecule has 0 saturated carbocycles. The number of rotatable bonds is 5. The Kier molecular flexibility index (Phi) is 5.19. The van der Waals surface area contributed by atoms with Gasteiger partial charge in [-0.05, 0) is 56.2 Å². The smallest absolute Gasteiger partial charge is 0.221 e. The van der Waals surface area contributed by atoms with Crippen LogP contribution in [0.1, 0.15) is 57.6 Å². The van der Waals surface area contributed by atoms with E-state index in [1.165, 1.54) is 19.8 Å². The topological polar surface area (TPSA) is 70.2 Å². The van der Waals surface area contributed by atoms with Gasteiger partial charge in [-0.3, -0.25) is 9.59 Å². The van der Waals surface area contributed by atoms with Crippen molar-refractivity contribution in [3.8, 4) is 0 Å². The van der Waals surface area contributed by atoms with Crippen molar-refractivity contribution in [3.05, 3.63) is 29.8 Å². The standard InChI is InChI=1S/C19H27N3O2/c1-12(15-4-3-5-16(11-15)21-13(2)23)20-19(24)10-14-8-17-6-7-18(9-14)22-17/h3-5,11-12,14,17-18,22H,6-10H2,1-2H3,(H,20,24)(H,21,23). The van der Waals surface area contributed by atoms with Crippen LogP contribution in [0.25, 0.3) is 0 Å². The lowest BCUT2D eigenvalue weighted by molar-refractivity contribution is -0.123. The molecule has 5 heteroatoms. The summed E-state index contributed by atoms with van der Waals surface area (Å²) in [5.74, 6) is 0.532. The number of anilines is 1. The summed E-state index contributed by atoms with van der Waals surface area (Å²) >= 11 is 0. The van der Waals surface area contributed by atoms with Crippen LogP contribution < -0.4 is 16.0 Å². The van der Waals surface area contributed by atoms with Crippen LogP contribution in [0.2, 0.25) is 0 Å². The predicted octanol–water partition coefficient (Wildman–Crippen LogP) is 2.74. The Hall–Kier alpha value is -1.88. The third kappa shape index (κ3) is 4.35. The maximum Gasteiger partial charge on any atom is 0.221 e. The van der Waals surface area contributed by atoms with Crippen LogP contribution >= 0.6 is 0 Å². The van der Waals surface area contributed by atoms with E-state index in [2.05, 4.69) is 16.0 Å². The molecule has 2 aliphatic rings. The van der Waals surface area contributed by atoms with Gasteiger partial charge < -0.3 is 16.0 Å². The lowest BCUT2D eigenvalue weighted by atomic mass is 9.89. The Bertz CT molecular complexity index is 604. The van der Waals surface area contributed by atoms with Crippen molar-refractivity contribution in [2.45, 2.75) is 64.1 Å². The first-order valence-corrected chi connectivity index (χ1v) is 8.92. The molecule has 2 saturated heterocycles. The van der Waals surface area contributed by atoms with E-state index in [1.54, 1.807) is 0 Å². The van der Waals surface area contributed by atoms with Crippen LogP contribution in [-0.4, -0.2) is 23.9 Å². The first kappa shape index (κ1) is 17.0. The molecule has 1 aromatic rings. The van der Waals surface area contributed by atoms with Gasteiger partial charge in [0.15, 0.2) is 0 Å². The molecule has 130 valence electrons. The van der Waals surface area contributed by atoms with Crippen molar-refractivity contribution in [2.24, 2.45) is 5.92 Å². The molecule has 24 heavy (non-hydrogen) atoms. The summed E-state index contributed by atoms with van der Waals surface area (Å²) in [7, 11) is 0. The van der Waals surface area contributed by atoms with E-state index in [4.69, 9.17) is 0 Å². The number of hydrogen-bond donors (Lipinski definition) is 3. The fourth-order valence-electron chi connectivity index (χ4n) is 4.08. The highest BCUT2D eigenvalue weighted by Gasteiger charge is 2.34. The molecule has 3 rings (SSSR count). The average Bonchev–Trinajstić information content (AvgIpc) is 2.85. The summed E-state index contributed by atoms with van der Waals surface area (Å²) in [5.41, 5.74) is 1.76. The molecule has 2 fully saturated rings. The number of fused-ring (bicyclic) bond motifs is 2. The molecule has 3 atom stereocenters. The number of carbonyl (C=O) groups excluding carboxylic acids is 2. The van der Waals surface area contributed by atoms with Gasteiger partial charge in [0, 0.05) is 31.1 Å². The summed E-state index contributed by atoms with van der Waals surface area (Å²) in [4.78, 5) is 23.6. The minimum atomic E-state index is -0.0932. The normalized spacial score (nSPS) is 26.7. The lowest BCUT2D eigenvalue weighted by Gasteiger charge is -2.29. The second-order valence-electron chi connectivity index (χ2n) is 7.28. The van der Waals surface area contributed by atoms with E-state index < -0.39 is 0 Å². The Morgan fingerprint density at radius 1 is 1.25 bits per heavy atom. The molecular weight excluding hydrogens is 302 g/mol.